The normalized spacial score (nSPS) is 20.8. The van der Waals surface area contributed by atoms with Crippen LogP contribution in [0.1, 0.15) is 36.2 Å². The molecule has 236 valence electrons. The summed E-state index contributed by atoms with van der Waals surface area (Å²) >= 11 is 0. The van der Waals surface area contributed by atoms with Gasteiger partial charge in [-0.15, -0.1) is 0 Å². The highest BCUT2D eigenvalue weighted by molar-refractivity contribution is 6.07. The van der Waals surface area contributed by atoms with Gasteiger partial charge in [-0.3, -0.25) is 9.59 Å². The van der Waals surface area contributed by atoms with Gasteiger partial charge in [0.05, 0.1) is 34.7 Å². The lowest BCUT2D eigenvalue weighted by atomic mass is 10.0. The van der Waals surface area contributed by atoms with E-state index < -0.39 is 34.6 Å². The molecule has 3 aromatic rings. The molecule has 0 aliphatic carbocycles. The lowest BCUT2D eigenvalue weighted by Gasteiger charge is -2.35. The van der Waals surface area contributed by atoms with Gasteiger partial charge in [-0.05, 0) is 46.5 Å². The van der Waals surface area contributed by atoms with E-state index in [4.69, 9.17) is 4.74 Å². The van der Waals surface area contributed by atoms with Crippen LogP contribution in [-0.2, 0) is 18.0 Å². The number of nitrogens with one attached hydrogen (secondary N) is 1. The Balaban J connectivity index is 1.53. The summed E-state index contributed by atoms with van der Waals surface area (Å²) in [6, 6.07) is 3.21. The third kappa shape index (κ3) is 6.55. The van der Waals surface area contributed by atoms with Gasteiger partial charge in [-0.25, -0.2) is 14.4 Å². The molecule has 2 fully saturated rings. The minimum absolute atomic E-state index is 0.0132. The first-order chi connectivity index (χ1) is 20.7. The monoisotopic (exact) mass is 617 g/mol. The highest BCUT2D eigenvalue weighted by atomic mass is 19.4. The zero-order valence-electron chi connectivity index (χ0n) is 25.2. The number of benzene rings is 1. The van der Waals surface area contributed by atoms with Crippen LogP contribution in [0.15, 0.2) is 41.6 Å². The summed E-state index contributed by atoms with van der Waals surface area (Å²) in [5, 5.41) is 2.58. The summed E-state index contributed by atoms with van der Waals surface area (Å²) in [5.41, 5.74) is -2.15. The van der Waals surface area contributed by atoms with Crippen LogP contribution in [0.25, 0.3) is 11.1 Å². The Morgan fingerprint density at radius 2 is 1.70 bits per heavy atom. The Bertz CT molecular complexity index is 1580. The van der Waals surface area contributed by atoms with Crippen molar-refractivity contribution in [2.45, 2.75) is 44.7 Å². The highest BCUT2D eigenvalue weighted by Gasteiger charge is 2.37. The Morgan fingerprint density at radius 3 is 2.30 bits per heavy atom. The van der Waals surface area contributed by atoms with Gasteiger partial charge < -0.3 is 29.3 Å². The van der Waals surface area contributed by atoms with Crippen molar-refractivity contribution in [3.05, 3.63) is 64.1 Å². The van der Waals surface area contributed by atoms with E-state index >= 15 is 4.39 Å². The smallest absolute Gasteiger partial charge is 0.372 e. The maximum absolute atomic E-state index is 15.7. The Kier molecular flexibility index (Phi) is 8.67. The third-order valence-corrected chi connectivity index (χ3v) is 8.00. The number of likely N-dealkylation sites (N-methyl/N-ethyl adjacent to an activating group) is 1. The molecule has 0 saturated carbocycles. The van der Waals surface area contributed by atoms with E-state index in [1.807, 2.05) is 42.6 Å². The molecule has 1 aromatic carbocycles. The van der Waals surface area contributed by atoms with E-state index in [-0.39, 0.29) is 29.5 Å². The summed E-state index contributed by atoms with van der Waals surface area (Å²) < 4.78 is 63.9. The summed E-state index contributed by atoms with van der Waals surface area (Å²) in [4.78, 5) is 40.2. The molecule has 44 heavy (non-hydrogen) atoms. The molecule has 0 unspecified atom stereocenters. The van der Waals surface area contributed by atoms with Crippen LogP contribution < -0.4 is 20.7 Å². The number of hydrogen-bond donors (Lipinski definition) is 1. The summed E-state index contributed by atoms with van der Waals surface area (Å²) in [7, 11) is 5.12. The van der Waals surface area contributed by atoms with Crippen molar-refractivity contribution in [1.29, 1.82) is 0 Å². The molecule has 0 bridgehead atoms. The molecule has 0 spiro atoms. The van der Waals surface area contributed by atoms with Crippen molar-refractivity contribution in [1.82, 2.24) is 19.4 Å². The third-order valence-electron chi connectivity index (χ3n) is 8.00. The van der Waals surface area contributed by atoms with Crippen LogP contribution in [0.3, 0.4) is 0 Å². The van der Waals surface area contributed by atoms with Gasteiger partial charge in [0.25, 0.3) is 11.5 Å². The molecule has 1 amide bonds. The number of carbonyl (C=O) groups is 1. The first kappa shape index (κ1) is 31.4. The van der Waals surface area contributed by atoms with Crippen LogP contribution in [-0.4, -0.2) is 83.9 Å². The minimum atomic E-state index is -4.94. The number of halogens is 4. The number of ether oxygens (including phenoxy) is 1. The second kappa shape index (κ2) is 12.2. The van der Waals surface area contributed by atoms with Gasteiger partial charge in [0.15, 0.2) is 0 Å². The fourth-order valence-corrected chi connectivity index (χ4v) is 5.73. The Labute approximate surface area is 252 Å². The van der Waals surface area contributed by atoms with E-state index in [0.717, 1.165) is 17.2 Å². The predicted molar refractivity (Wildman–Crippen MR) is 159 cm³/mol. The fourth-order valence-electron chi connectivity index (χ4n) is 5.73. The van der Waals surface area contributed by atoms with Gasteiger partial charge in [-0.2, -0.15) is 13.2 Å². The minimum Gasteiger partial charge on any atom is -0.372 e. The molecule has 2 aliphatic rings. The van der Waals surface area contributed by atoms with Crippen LogP contribution >= 0.6 is 0 Å². The van der Waals surface area contributed by atoms with E-state index in [9.17, 15) is 22.8 Å². The number of pyridine rings is 1. The average Bonchev–Trinajstić information content (AvgIpc) is 3.45. The summed E-state index contributed by atoms with van der Waals surface area (Å²) in [6.07, 6.45) is -0.395. The number of alkyl halides is 3. The molecule has 0 radical (unpaired) electrons. The summed E-state index contributed by atoms with van der Waals surface area (Å²) in [5.74, 6) is -1.23. The van der Waals surface area contributed by atoms with E-state index in [0.29, 0.717) is 49.4 Å². The number of nitrogens with zero attached hydrogens (tertiary/aromatic N) is 6. The van der Waals surface area contributed by atoms with Crippen molar-refractivity contribution >= 4 is 23.2 Å². The maximum Gasteiger partial charge on any atom is 0.417 e. The zero-order chi connectivity index (χ0) is 31.9. The lowest BCUT2D eigenvalue weighted by Crippen LogP contribution is -2.46. The topological polar surface area (TPSA) is 95.8 Å². The number of amides is 1. The number of morpholine rings is 1. The molecule has 3 atom stereocenters. The SMILES string of the molecule is C[C@@H]1CN(c2ncc(-c3cc(NC(=O)c4cn(C)c(=O)cc4C(F)(F)F)c(N4CC[C@@H](N(C)C)C4)cc3F)cn2)C[C@H](C)O1. The molecular weight excluding hydrogens is 582 g/mol. The van der Waals surface area contributed by atoms with E-state index in [2.05, 4.69) is 15.3 Å². The van der Waals surface area contributed by atoms with Crippen LogP contribution in [0.4, 0.5) is 34.9 Å². The van der Waals surface area contributed by atoms with Gasteiger partial charge in [0, 0.05) is 75.1 Å². The number of carbonyl (C=O) groups excluding carboxylic acids is 1. The van der Waals surface area contributed by atoms with Crippen LogP contribution in [0, 0.1) is 5.82 Å². The summed E-state index contributed by atoms with van der Waals surface area (Å²) in [6.45, 7) is 6.17. The molecule has 2 aliphatic heterocycles. The van der Waals surface area contributed by atoms with Crippen molar-refractivity contribution in [3.8, 4) is 11.1 Å². The van der Waals surface area contributed by atoms with Crippen LogP contribution in [0.5, 0.6) is 0 Å². The van der Waals surface area contributed by atoms with Crippen molar-refractivity contribution < 1.29 is 27.1 Å². The second-order valence-electron chi connectivity index (χ2n) is 11.6. The van der Waals surface area contributed by atoms with Gasteiger partial charge in [0.1, 0.15) is 5.82 Å². The number of aromatic nitrogens is 3. The molecule has 14 heteroatoms. The second-order valence-corrected chi connectivity index (χ2v) is 11.6. The molecule has 5 rings (SSSR count). The average molecular weight is 618 g/mol. The quantitative estimate of drug-likeness (QED) is 0.415. The predicted octanol–water partition coefficient (Wildman–Crippen LogP) is 4.01. The molecule has 4 heterocycles. The van der Waals surface area contributed by atoms with Gasteiger partial charge >= 0.3 is 6.18 Å². The molecule has 10 nitrogen and oxygen atoms in total. The van der Waals surface area contributed by atoms with E-state index in [1.165, 1.54) is 31.6 Å². The van der Waals surface area contributed by atoms with E-state index in [1.54, 1.807) is 0 Å². The lowest BCUT2D eigenvalue weighted by molar-refractivity contribution is -0.138. The molecular formula is C30H35F4N7O3. The van der Waals surface area contributed by atoms with Crippen LogP contribution in [0.2, 0.25) is 0 Å². The van der Waals surface area contributed by atoms with Crippen molar-refractivity contribution in [2.24, 2.45) is 7.05 Å². The number of aryl methyl sites for hydroxylation is 1. The molecule has 2 aromatic heterocycles. The van der Waals surface area contributed by atoms with Gasteiger partial charge in [-0.1, -0.05) is 0 Å². The number of hydrogen-bond acceptors (Lipinski definition) is 8. The van der Waals surface area contributed by atoms with Crippen molar-refractivity contribution in [3.63, 3.8) is 0 Å². The van der Waals surface area contributed by atoms with Gasteiger partial charge in [0.2, 0.25) is 5.95 Å². The van der Waals surface area contributed by atoms with Crippen molar-refractivity contribution in [2.75, 3.05) is 55.4 Å². The molecule has 1 N–H and O–H groups in total. The highest BCUT2D eigenvalue weighted by Crippen LogP contribution is 2.37. The Hall–Kier alpha value is -4.04. The first-order valence-electron chi connectivity index (χ1n) is 14.3. The largest absolute Gasteiger partial charge is 0.417 e. The number of anilines is 3. The fraction of sp³-hybridized carbons (Fsp3) is 0.467. The standard InChI is InChI=1S/C30H35F4N7O3/c1-17-13-41(14-18(2)44-17)29-35-11-19(12-36-29)21-8-25(26(10-24(21)31)40-7-6-20(15-40)38(3)4)37-28(43)22-16-39(5)27(42)9-23(22)30(32,33)34/h8-12,16-18,20H,6-7,13-15H2,1-5H3,(H,37,43)/t17-,18+,20-/m1/s1. The zero-order valence-corrected chi connectivity index (χ0v) is 25.2. The molecule has 2 saturated heterocycles. The first-order valence-corrected chi connectivity index (χ1v) is 14.3. The number of rotatable bonds is 6. The Morgan fingerprint density at radius 1 is 1.05 bits per heavy atom. The maximum atomic E-state index is 15.7.